The third kappa shape index (κ3) is 4.20. The van der Waals surface area contributed by atoms with Crippen molar-refractivity contribution in [2.45, 2.75) is 17.5 Å². The van der Waals surface area contributed by atoms with Crippen LogP contribution in [-0.4, -0.2) is 32.4 Å². The average molecular weight is 427 g/mol. The fourth-order valence-corrected chi connectivity index (χ4v) is 3.67. The van der Waals surface area contributed by atoms with Crippen molar-refractivity contribution < 1.29 is 19.2 Å². The summed E-state index contributed by atoms with van der Waals surface area (Å²) in [6.07, 6.45) is 0. The summed E-state index contributed by atoms with van der Waals surface area (Å²) in [4.78, 5) is 22.7. The van der Waals surface area contributed by atoms with Gasteiger partial charge in [0.05, 0.1) is 11.5 Å². The molecule has 2 heterocycles. The van der Waals surface area contributed by atoms with E-state index in [2.05, 4.69) is 15.5 Å². The molecule has 0 radical (unpaired) electrons. The number of thioether (sulfide) groups is 1. The molecule has 3 aromatic rings. The number of nitro benzene ring substituents is 1. The molecule has 0 unspecified atom stereocenters. The number of fused-ring (bicyclic) bond motifs is 1. The minimum atomic E-state index is -0.427. The van der Waals surface area contributed by atoms with Gasteiger partial charge in [0.1, 0.15) is 0 Å². The summed E-state index contributed by atoms with van der Waals surface area (Å²) in [5.41, 5.74) is 1.46. The van der Waals surface area contributed by atoms with Crippen LogP contribution in [0.15, 0.2) is 47.6 Å². The first-order chi connectivity index (χ1) is 14.5. The van der Waals surface area contributed by atoms with Gasteiger partial charge in [-0.1, -0.05) is 23.9 Å². The van der Waals surface area contributed by atoms with Crippen molar-refractivity contribution >= 4 is 23.4 Å². The Morgan fingerprint density at radius 3 is 2.73 bits per heavy atom. The van der Waals surface area contributed by atoms with Crippen LogP contribution in [0.2, 0.25) is 0 Å². The first-order valence-corrected chi connectivity index (χ1v) is 9.92. The van der Waals surface area contributed by atoms with E-state index in [0.717, 1.165) is 5.56 Å². The smallest absolute Gasteiger partial charge is 0.269 e. The maximum Gasteiger partial charge on any atom is 0.269 e. The average Bonchev–Trinajstić information content (AvgIpc) is 3.36. The second-order valence-electron chi connectivity index (χ2n) is 6.42. The number of hydrogen-bond acceptors (Lipinski definition) is 8. The van der Waals surface area contributed by atoms with Gasteiger partial charge in [0.2, 0.25) is 6.79 Å². The Kier molecular flexibility index (Phi) is 5.53. The van der Waals surface area contributed by atoms with E-state index in [1.54, 1.807) is 34.9 Å². The monoisotopic (exact) mass is 427 g/mol. The van der Waals surface area contributed by atoms with Gasteiger partial charge in [0.25, 0.3) is 11.6 Å². The van der Waals surface area contributed by atoms with Crippen LogP contribution in [-0.2, 0) is 19.3 Å². The number of aromatic nitrogens is 3. The number of carbonyl (C=O) groups excluding carboxylic acids is 1. The van der Waals surface area contributed by atoms with E-state index in [4.69, 9.17) is 9.47 Å². The van der Waals surface area contributed by atoms with Gasteiger partial charge in [0, 0.05) is 30.5 Å². The highest BCUT2D eigenvalue weighted by molar-refractivity contribution is 7.98. The zero-order valence-corrected chi connectivity index (χ0v) is 16.7. The standard InChI is InChI=1S/C19H17N5O5S/c1-23-17(9-20-18(25)13-4-7-15-16(8-13)29-11-28-15)21-22-19(23)30-10-12-2-5-14(6-3-12)24(26)27/h2-8H,9-11H2,1H3,(H,20,25). The molecule has 11 heteroatoms. The Morgan fingerprint density at radius 1 is 1.20 bits per heavy atom. The van der Waals surface area contributed by atoms with Gasteiger partial charge in [-0.2, -0.15) is 0 Å². The van der Waals surface area contributed by atoms with E-state index in [-0.39, 0.29) is 24.9 Å². The summed E-state index contributed by atoms with van der Waals surface area (Å²) in [5.74, 6) is 2.11. The van der Waals surface area contributed by atoms with Crippen LogP contribution in [0, 0.1) is 10.1 Å². The topological polar surface area (TPSA) is 121 Å². The van der Waals surface area contributed by atoms with Crippen LogP contribution < -0.4 is 14.8 Å². The lowest BCUT2D eigenvalue weighted by Gasteiger charge is -2.07. The number of benzene rings is 2. The predicted molar refractivity (Wildman–Crippen MR) is 107 cm³/mol. The Labute approximate surface area is 175 Å². The highest BCUT2D eigenvalue weighted by Crippen LogP contribution is 2.32. The van der Waals surface area contributed by atoms with Crippen LogP contribution in [0.1, 0.15) is 21.7 Å². The highest BCUT2D eigenvalue weighted by Gasteiger charge is 2.17. The fraction of sp³-hybridized carbons (Fsp3) is 0.211. The Morgan fingerprint density at radius 2 is 1.97 bits per heavy atom. The molecule has 2 aromatic carbocycles. The van der Waals surface area contributed by atoms with Gasteiger partial charge in [-0.3, -0.25) is 14.9 Å². The van der Waals surface area contributed by atoms with Crippen LogP contribution in [0.25, 0.3) is 0 Å². The van der Waals surface area contributed by atoms with Gasteiger partial charge >= 0.3 is 0 Å². The molecule has 154 valence electrons. The van der Waals surface area contributed by atoms with Gasteiger partial charge in [-0.25, -0.2) is 0 Å². The van der Waals surface area contributed by atoms with E-state index in [0.29, 0.717) is 33.8 Å². The quantitative estimate of drug-likeness (QED) is 0.347. The third-order valence-corrected chi connectivity index (χ3v) is 5.57. The molecule has 0 saturated carbocycles. The summed E-state index contributed by atoms with van der Waals surface area (Å²) in [5, 5.41) is 22.5. The molecule has 10 nitrogen and oxygen atoms in total. The van der Waals surface area contributed by atoms with Crippen molar-refractivity contribution in [1.82, 2.24) is 20.1 Å². The molecular weight excluding hydrogens is 410 g/mol. The number of nitrogens with zero attached hydrogens (tertiary/aromatic N) is 4. The molecule has 1 amide bonds. The first kappa shape index (κ1) is 19.7. The number of nitro groups is 1. The fourth-order valence-electron chi connectivity index (χ4n) is 2.79. The molecule has 0 bridgehead atoms. The van der Waals surface area contributed by atoms with E-state index < -0.39 is 4.92 Å². The molecule has 1 N–H and O–H groups in total. The number of ether oxygens (including phenoxy) is 2. The number of non-ortho nitro benzene ring substituents is 1. The van der Waals surface area contributed by atoms with Crippen molar-refractivity contribution in [3.8, 4) is 11.5 Å². The summed E-state index contributed by atoms with van der Waals surface area (Å²) < 4.78 is 12.3. The number of hydrogen-bond donors (Lipinski definition) is 1. The van der Waals surface area contributed by atoms with Crippen molar-refractivity contribution in [1.29, 1.82) is 0 Å². The van der Waals surface area contributed by atoms with E-state index >= 15 is 0 Å². The maximum atomic E-state index is 12.4. The molecule has 0 saturated heterocycles. The minimum Gasteiger partial charge on any atom is -0.454 e. The third-order valence-electron chi connectivity index (χ3n) is 4.48. The van der Waals surface area contributed by atoms with Crippen molar-refractivity contribution in [2.75, 3.05) is 6.79 Å². The number of rotatable bonds is 7. The molecule has 1 aromatic heterocycles. The lowest BCUT2D eigenvalue weighted by atomic mass is 10.2. The van der Waals surface area contributed by atoms with Gasteiger partial charge in [0.15, 0.2) is 22.5 Å². The van der Waals surface area contributed by atoms with Crippen LogP contribution in [0.3, 0.4) is 0 Å². The summed E-state index contributed by atoms with van der Waals surface area (Å²) in [7, 11) is 1.82. The zero-order valence-electron chi connectivity index (χ0n) is 15.9. The zero-order chi connectivity index (χ0) is 21.1. The summed E-state index contributed by atoms with van der Waals surface area (Å²) in [6, 6.07) is 11.4. The first-order valence-electron chi connectivity index (χ1n) is 8.93. The molecule has 30 heavy (non-hydrogen) atoms. The molecule has 0 spiro atoms. The normalized spacial score (nSPS) is 12.0. The molecule has 4 rings (SSSR count). The summed E-state index contributed by atoms with van der Waals surface area (Å²) >= 11 is 1.46. The number of amides is 1. The predicted octanol–water partition coefficient (Wildman–Crippen LogP) is 2.67. The second-order valence-corrected chi connectivity index (χ2v) is 7.36. The molecule has 0 fully saturated rings. The molecular formula is C19H17N5O5S. The van der Waals surface area contributed by atoms with Gasteiger partial charge < -0.3 is 19.4 Å². The van der Waals surface area contributed by atoms with Crippen LogP contribution in [0.5, 0.6) is 11.5 Å². The van der Waals surface area contributed by atoms with E-state index in [1.165, 1.54) is 23.9 Å². The van der Waals surface area contributed by atoms with Gasteiger partial charge in [-0.05, 0) is 23.8 Å². The van der Waals surface area contributed by atoms with E-state index in [1.807, 2.05) is 7.05 Å². The van der Waals surface area contributed by atoms with Crippen molar-refractivity contribution in [3.63, 3.8) is 0 Å². The number of nitrogens with one attached hydrogen (secondary N) is 1. The lowest BCUT2D eigenvalue weighted by molar-refractivity contribution is -0.384. The minimum absolute atomic E-state index is 0.0582. The van der Waals surface area contributed by atoms with Crippen molar-refractivity contribution in [3.05, 3.63) is 69.5 Å². The molecule has 1 aliphatic heterocycles. The maximum absolute atomic E-state index is 12.4. The summed E-state index contributed by atoms with van der Waals surface area (Å²) in [6.45, 7) is 0.370. The van der Waals surface area contributed by atoms with E-state index in [9.17, 15) is 14.9 Å². The Balaban J connectivity index is 1.34. The molecule has 1 aliphatic rings. The van der Waals surface area contributed by atoms with Gasteiger partial charge in [-0.15, -0.1) is 10.2 Å². The molecule has 0 atom stereocenters. The highest BCUT2D eigenvalue weighted by atomic mass is 32.2. The van der Waals surface area contributed by atoms with Crippen LogP contribution in [0.4, 0.5) is 5.69 Å². The van der Waals surface area contributed by atoms with Crippen LogP contribution >= 0.6 is 11.8 Å². The Hall–Kier alpha value is -3.60. The SMILES string of the molecule is Cn1c(CNC(=O)c2ccc3c(c2)OCO3)nnc1SCc1ccc([N+](=O)[O-])cc1. The largest absolute Gasteiger partial charge is 0.454 e. The second kappa shape index (κ2) is 8.41. The Bertz CT molecular complexity index is 1100. The number of carbonyl (C=O) groups is 1. The van der Waals surface area contributed by atoms with Crippen molar-refractivity contribution in [2.24, 2.45) is 7.05 Å². The lowest BCUT2D eigenvalue weighted by Crippen LogP contribution is -2.24. The molecule has 0 aliphatic carbocycles.